The summed E-state index contributed by atoms with van der Waals surface area (Å²) in [7, 11) is 0. The summed E-state index contributed by atoms with van der Waals surface area (Å²) in [5.74, 6) is 0.833. The average molecular weight is 144 g/mol. The molecule has 0 amide bonds. The summed E-state index contributed by atoms with van der Waals surface area (Å²) in [6.45, 7) is 6.50. The molecule has 1 aliphatic rings. The number of hydrogen-bond acceptors (Lipinski definition) is 1. The fourth-order valence-electron chi connectivity index (χ4n) is 0.904. The Labute approximate surface area is 64.5 Å². The van der Waals surface area contributed by atoms with Gasteiger partial charge in [-0.15, -0.1) is 0 Å². The molecule has 0 aromatic rings. The Morgan fingerprint density at radius 1 is 1.10 bits per heavy atom. The summed E-state index contributed by atoms with van der Waals surface area (Å²) in [5.41, 5.74) is 0. The second-order valence-corrected chi connectivity index (χ2v) is 3.67. The van der Waals surface area contributed by atoms with Gasteiger partial charge in [0.1, 0.15) is 0 Å². The molecule has 62 valence electrons. The van der Waals surface area contributed by atoms with Crippen LogP contribution in [-0.4, -0.2) is 11.2 Å². The Kier molecular flexibility index (Phi) is 5.70. The minimum absolute atomic E-state index is 0.0463. The monoisotopic (exact) mass is 144 g/mol. The molecular formula is C9H20O. The van der Waals surface area contributed by atoms with E-state index in [2.05, 4.69) is 20.8 Å². The van der Waals surface area contributed by atoms with Crippen LogP contribution in [0.25, 0.3) is 0 Å². The molecule has 0 aliphatic heterocycles. The predicted molar refractivity (Wildman–Crippen MR) is 45.0 cm³/mol. The molecule has 0 unspecified atom stereocenters. The Morgan fingerprint density at radius 2 is 1.40 bits per heavy atom. The lowest BCUT2D eigenvalue weighted by Crippen LogP contribution is -1.94. The summed E-state index contributed by atoms with van der Waals surface area (Å²) in [6.07, 6.45) is 4.60. The highest BCUT2D eigenvalue weighted by molar-refractivity contribution is 4.63. The van der Waals surface area contributed by atoms with Crippen LogP contribution in [0, 0.1) is 5.92 Å². The van der Waals surface area contributed by atoms with Crippen molar-refractivity contribution < 1.29 is 5.11 Å². The highest BCUT2D eigenvalue weighted by Crippen LogP contribution is 2.16. The molecule has 0 spiro atoms. The normalized spacial score (nSPS) is 18.9. The van der Waals surface area contributed by atoms with Gasteiger partial charge in [-0.25, -0.2) is 0 Å². The van der Waals surface area contributed by atoms with Crippen LogP contribution in [0.2, 0.25) is 0 Å². The van der Waals surface area contributed by atoms with Crippen molar-refractivity contribution in [3.05, 3.63) is 0 Å². The van der Waals surface area contributed by atoms with Crippen molar-refractivity contribution in [1.29, 1.82) is 0 Å². The maximum absolute atomic E-state index is 8.73. The third kappa shape index (κ3) is 7.96. The fraction of sp³-hybridized carbons (Fsp3) is 1.00. The zero-order valence-corrected chi connectivity index (χ0v) is 7.43. The van der Waals surface area contributed by atoms with Crippen LogP contribution in [0.5, 0.6) is 0 Å². The van der Waals surface area contributed by atoms with E-state index in [1.165, 1.54) is 12.8 Å². The number of aliphatic hydroxyl groups is 1. The molecule has 0 saturated heterocycles. The van der Waals surface area contributed by atoms with Crippen molar-refractivity contribution in [3.63, 3.8) is 0 Å². The third-order valence-electron chi connectivity index (χ3n) is 1.32. The molecule has 0 radical (unpaired) electrons. The van der Waals surface area contributed by atoms with Crippen LogP contribution in [-0.2, 0) is 0 Å². The van der Waals surface area contributed by atoms with E-state index in [1.54, 1.807) is 0 Å². The van der Waals surface area contributed by atoms with Crippen LogP contribution >= 0.6 is 0 Å². The molecule has 1 aliphatic carbocycles. The highest BCUT2D eigenvalue weighted by Gasteiger charge is 2.09. The van der Waals surface area contributed by atoms with Gasteiger partial charge in [0, 0.05) is 0 Å². The minimum atomic E-state index is 0.0463. The van der Waals surface area contributed by atoms with Crippen LogP contribution in [0.1, 0.15) is 46.5 Å². The Balaban J connectivity index is 0.000000180. The maximum Gasteiger partial charge on any atom is 0.0540 e. The SMILES string of the molecule is CC(C)C.OC1CCCC1. The summed E-state index contributed by atoms with van der Waals surface area (Å²) >= 11 is 0. The largest absolute Gasteiger partial charge is 0.393 e. The fourth-order valence-corrected chi connectivity index (χ4v) is 0.904. The van der Waals surface area contributed by atoms with Crippen molar-refractivity contribution in [2.24, 2.45) is 5.92 Å². The maximum atomic E-state index is 8.73. The number of rotatable bonds is 0. The molecule has 1 N–H and O–H groups in total. The first kappa shape index (κ1) is 9.96. The summed E-state index contributed by atoms with van der Waals surface area (Å²) in [6, 6.07) is 0. The summed E-state index contributed by atoms with van der Waals surface area (Å²) in [5, 5.41) is 8.73. The molecule has 0 aromatic heterocycles. The zero-order valence-electron chi connectivity index (χ0n) is 7.43. The van der Waals surface area contributed by atoms with Gasteiger partial charge in [-0.05, 0) is 18.8 Å². The van der Waals surface area contributed by atoms with Gasteiger partial charge in [-0.2, -0.15) is 0 Å². The van der Waals surface area contributed by atoms with E-state index in [-0.39, 0.29) is 6.10 Å². The van der Waals surface area contributed by atoms with Gasteiger partial charge >= 0.3 is 0 Å². The van der Waals surface area contributed by atoms with Crippen molar-refractivity contribution >= 4 is 0 Å². The van der Waals surface area contributed by atoms with E-state index >= 15 is 0 Å². The first-order valence-corrected chi connectivity index (χ1v) is 4.31. The van der Waals surface area contributed by atoms with Crippen LogP contribution in [0.3, 0.4) is 0 Å². The molecule has 1 heteroatoms. The van der Waals surface area contributed by atoms with Crippen LogP contribution in [0.4, 0.5) is 0 Å². The van der Waals surface area contributed by atoms with E-state index < -0.39 is 0 Å². The van der Waals surface area contributed by atoms with Gasteiger partial charge in [0.05, 0.1) is 6.10 Å². The second-order valence-electron chi connectivity index (χ2n) is 3.67. The lowest BCUT2D eigenvalue weighted by molar-refractivity contribution is 0.183. The van der Waals surface area contributed by atoms with Gasteiger partial charge in [-0.1, -0.05) is 33.6 Å². The van der Waals surface area contributed by atoms with E-state index in [0.717, 1.165) is 18.8 Å². The molecule has 0 bridgehead atoms. The van der Waals surface area contributed by atoms with Gasteiger partial charge in [0.15, 0.2) is 0 Å². The standard InChI is InChI=1S/C5H10O.C4H10/c6-5-3-1-2-4-5;1-4(2)3/h5-6H,1-4H2;4H,1-3H3. The predicted octanol–water partition coefficient (Wildman–Crippen LogP) is 2.58. The first-order valence-electron chi connectivity index (χ1n) is 4.31. The van der Waals surface area contributed by atoms with Crippen LogP contribution < -0.4 is 0 Å². The topological polar surface area (TPSA) is 20.2 Å². The highest BCUT2D eigenvalue weighted by atomic mass is 16.3. The molecule has 1 nitrogen and oxygen atoms in total. The lowest BCUT2D eigenvalue weighted by Gasteiger charge is -1.91. The smallest absolute Gasteiger partial charge is 0.0540 e. The minimum Gasteiger partial charge on any atom is -0.393 e. The van der Waals surface area contributed by atoms with Crippen molar-refractivity contribution in [1.82, 2.24) is 0 Å². The molecule has 0 aromatic carbocycles. The number of hydrogen-bond donors (Lipinski definition) is 1. The molecule has 10 heavy (non-hydrogen) atoms. The molecular weight excluding hydrogens is 124 g/mol. The summed E-state index contributed by atoms with van der Waals surface area (Å²) < 4.78 is 0. The summed E-state index contributed by atoms with van der Waals surface area (Å²) in [4.78, 5) is 0. The van der Waals surface area contributed by atoms with Crippen molar-refractivity contribution in [3.8, 4) is 0 Å². The van der Waals surface area contributed by atoms with Crippen LogP contribution in [0.15, 0.2) is 0 Å². The molecule has 1 fully saturated rings. The lowest BCUT2D eigenvalue weighted by atomic mass is 10.3. The number of aliphatic hydroxyl groups excluding tert-OH is 1. The van der Waals surface area contributed by atoms with E-state index in [4.69, 9.17) is 5.11 Å². The van der Waals surface area contributed by atoms with Gasteiger partial charge in [-0.3, -0.25) is 0 Å². The Morgan fingerprint density at radius 3 is 1.50 bits per heavy atom. The molecule has 0 atom stereocenters. The quantitative estimate of drug-likeness (QED) is 0.554. The van der Waals surface area contributed by atoms with Gasteiger partial charge < -0.3 is 5.11 Å². The average Bonchev–Trinajstić information content (AvgIpc) is 2.15. The van der Waals surface area contributed by atoms with E-state index in [0.29, 0.717) is 0 Å². The van der Waals surface area contributed by atoms with E-state index in [1.807, 2.05) is 0 Å². The van der Waals surface area contributed by atoms with E-state index in [9.17, 15) is 0 Å². The Hall–Kier alpha value is -0.0400. The third-order valence-corrected chi connectivity index (χ3v) is 1.32. The molecule has 0 heterocycles. The Bertz CT molecular complexity index is 60.4. The second kappa shape index (κ2) is 5.72. The van der Waals surface area contributed by atoms with Crippen molar-refractivity contribution in [2.75, 3.05) is 0 Å². The zero-order chi connectivity index (χ0) is 7.98. The molecule has 1 saturated carbocycles. The van der Waals surface area contributed by atoms with Crippen molar-refractivity contribution in [2.45, 2.75) is 52.6 Å². The first-order chi connectivity index (χ1) is 4.63. The molecule has 1 rings (SSSR count). The van der Waals surface area contributed by atoms with Gasteiger partial charge in [0.2, 0.25) is 0 Å². The van der Waals surface area contributed by atoms with Gasteiger partial charge in [0.25, 0.3) is 0 Å².